The molecule has 1 aliphatic heterocycles. The van der Waals surface area contributed by atoms with Crippen molar-refractivity contribution in [2.24, 2.45) is 0 Å². The molecule has 1 unspecified atom stereocenters. The highest BCUT2D eigenvalue weighted by atomic mass is 32.2. The van der Waals surface area contributed by atoms with Gasteiger partial charge in [0.15, 0.2) is 4.77 Å². The standard InChI is InChI=1S/C9H14N2S2/c1-9(3-2-6-13-9)7-11-5-4-10-8(11)12/h4-5H,2-3,6-7H2,1H3,(H,10,12). The molecule has 0 amide bonds. The Morgan fingerprint density at radius 1 is 1.77 bits per heavy atom. The average molecular weight is 214 g/mol. The highest BCUT2D eigenvalue weighted by Gasteiger charge is 2.29. The maximum atomic E-state index is 5.17. The molecule has 72 valence electrons. The molecule has 2 nitrogen and oxygen atoms in total. The highest BCUT2D eigenvalue weighted by Crippen LogP contribution is 2.38. The van der Waals surface area contributed by atoms with Gasteiger partial charge in [-0.2, -0.15) is 11.8 Å². The summed E-state index contributed by atoms with van der Waals surface area (Å²) in [4.78, 5) is 3.03. The molecule has 0 spiro atoms. The topological polar surface area (TPSA) is 20.7 Å². The molecule has 0 bridgehead atoms. The number of H-pyrrole nitrogens is 1. The number of hydrogen-bond acceptors (Lipinski definition) is 2. The van der Waals surface area contributed by atoms with Gasteiger partial charge in [0, 0.05) is 23.7 Å². The van der Waals surface area contributed by atoms with Crippen molar-refractivity contribution >= 4 is 24.0 Å². The van der Waals surface area contributed by atoms with Crippen LogP contribution in [0, 0.1) is 4.77 Å². The Labute approximate surface area is 87.7 Å². The number of nitrogens with one attached hydrogen (secondary N) is 1. The molecule has 1 fully saturated rings. The third-order valence-corrected chi connectivity index (χ3v) is 4.40. The second-order valence-electron chi connectivity index (χ2n) is 3.80. The SMILES string of the molecule is CC1(Cn2cc[nH]c2=S)CCCS1. The number of nitrogens with zero attached hydrogens (tertiary/aromatic N) is 1. The molecular weight excluding hydrogens is 200 g/mol. The van der Waals surface area contributed by atoms with Crippen LogP contribution in [0.25, 0.3) is 0 Å². The second kappa shape index (κ2) is 3.50. The van der Waals surface area contributed by atoms with Gasteiger partial charge in [-0.05, 0) is 37.7 Å². The fourth-order valence-electron chi connectivity index (χ4n) is 1.80. The Bertz CT molecular complexity index is 333. The maximum absolute atomic E-state index is 5.17. The van der Waals surface area contributed by atoms with E-state index < -0.39 is 0 Å². The van der Waals surface area contributed by atoms with Crippen molar-refractivity contribution in [3.05, 3.63) is 17.2 Å². The van der Waals surface area contributed by atoms with Gasteiger partial charge in [-0.25, -0.2) is 0 Å². The lowest BCUT2D eigenvalue weighted by Gasteiger charge is -2.22. The molecule has 1 aromatic rings. The van der Waals surface area contributed by atoms with Crippen LogP contribution in [-0.4, -0.2) is 20.1 Å². The summed E-state index contributed by atoms with van der Waals surface area (Å²) in [5.41, 5.74) is 0. The fraction of sp³-hybridized carbons (Fsp3) is 0.667. The Kier molecular flexibility index (Phi) is 2.51. The maximum Gasteiger partial charge on any atom is 0.177 e. The number of thioether (sulfide) groups is 1. The lowest BCUT2D eigenvalue weighted by atomic mass is 10.1. The van der Waals surface area contributed by atoms with Gasteiger partial charge in [-0.15, -0.1) is 0 Å². The fourth-order valence-corrected chi connectivity index (χ4v) is 3.29. The summed E-state index contributed by atoms with van der Waals surface area (Å²) in [6, 6.07) is 0. The molecule has 0 saturated carbocycles. The summed E-state index contributed by atoms with van der Waals surface area (Å²) < 4.78 is 3.38. The van der Waals surface area contributed by atoms with Crippen molar-refractivity contribution in [2.75, 3.05) is 5.75 Å². The lowest BCUT2D eigenvalue weighted by molar-refractivity contribution is 0.507. The minimum absolute atomic E-state index is 0.403. The molecule has 13 heavy (non-hydrogen) atoms. The van der Waals surface area contributed by atoms with Crippen molar-refractivity contribution in [3.63, 3.8) is 0 Å². The lowest BCUT2D eigenvalue weighted by Crippen LogP contribution is -2.23. The summed E-state index contributed by atoms with van der Waals surface area (Å²) in [6.45, 7) is 3.37. The molecule has 0 aliphatic carbocycles. The molecule has 1 aromatic heterocycles. The first-order chi connectivity index (χ1) is 6.20. The molecule has 0 radical (unpaired) electrons. The van der Waals surface area contributed by atoms with Crippen molar-refractivity contribution in [2.45, 2.75) is 31.1 Å². The van der Waals surface area contributed by atoms with Crippen molar-refractivity contribution in [1.29, 1.82) is 0 Å². The van der Waals surface area contributed by atoms with Crippen LogP contribution in [0.3, 0.4) is 0 Å². The van der Waals surface area contributed by atoms with Gasteiger partial charge in [-0.3, -0.25) is 0 Å². The quantitative estimate of drug-likeness (QED) is 0.764. The van der Waals surface area contributed by atoms with Crippen LogP contribution in [-0.2, 0) is 6.54 Å². The van der Waals surface area contributed by atoms with Crippen LogP contribution >= 0.6 is 24.0 Å². The summed E-state index contributed by atoms with van der Waals surface area (Å²) in [6.07, 6.45) is 6.60. The zero-order valence-corrected chi connectivity index (χ0v) is 9.38. The number of hydrogen-bond donors (Lipinski definition) is 1. The number of rotatable bonds is 2. The van der Waals surface area contributed by atoms with E-state index >= 15 is 0 Å². The molecular formula is C9H14N2S2. The molecule has 1 saturated heterocycles. The first-order valence-electron chi connectivity index (χ1n) is 4.57. The zero-order valence-electron chi connectivity index (χ0n) is 7.75. The van der Waals surface area contributed by atoms with E-state index in [0.29, 0.717) is 4.75 Å². The normalized spacial score (nSPS) is 28.1. The predicted molar refractivity (Wildman–Crippen MR) is 59.7 cm³/mol. The molecule has 0 aromatic carbocycles. The van der Waals surface area contributed by atoms with Crippen molar-refractivity contribution in [3.8, 4) is 0 Å². The Hall–Kier alpha value is -0.220. The largest absolute Gasteiger partial charge is 0.337 e. The summed E-state index contributed by atoms with van der Waals surface area (Å²) in [5.74, 6) is 1.30. The first-order valence-corrected chi connectivity index (χ1v) is 5.97. The van der Waals surface area contributed by atoms with Gasteiger partial charge in [0.25, 0.3) is 0 Å². The van der Waals surface area contributed by atoms with Gasteiger partial charge >= 0.3 is 0 Å². The third kappa shape index (κ3) is 1.99. The highest BCUT2D eigenvalue weighted by molar-refractivity contribution is 8.00. The van der Waals surface area contributed by atoms with E-state index in [9.17, 15) is 0 Å². The van der Waals surface area contributed by atoms with E-state index in [-0.39, 0.29) is 0 Å². The average Bonchev–Trinajstić information content (AvgIpc) is 2.64. The van der Waals surface area contributed by atoms with E-state index in [2.05, 4.69) is 28.2 Å². The Morgan fingerprint density at radius 3 is 3.15 bits per heavy atom. The molecule has 1 N–H and O–H groups in total. The van der Waals surface area contributed by atoms with E-state index in [0.717, 1.165) is 11.3 Å². The second-order valence-corrected chi connectivity index (χ2v) is 5.86. The Morgan fingerprint density at radius 2 is 2.62 bits per heavy atom. The monoisotopic (exact) mass is 214 g/mol. The van der Waals surface area contributed by atoms with E-state index in [1.165, 1.54) is 18.6 Å². The summed E-state index contributed by atoms with van der Waals surface area (Å²) in [5, 5.41) is 0. The van der Waals surface area contributed by atoms with Crippen LogP contribution in [0.15, 0.2) is 12.4 Å². The van der Waals surface area contributed by atoms with Gasteiger partial charge in [0.2, 0.25) is 0 Å². The van der Waals surface area contributed by atoms with Gasteiger partial charge in [0.1, 0.15) is 0 Å². The van der Waals surface area contributed by atoms with Crippen LogP contribution in [0.4, 0.5) is 0 Å². The van der Waals surface area contributed by atoms with E-state index in [1.54, 1.807) is 0 Å². The van der Waals surface area contributed by atoms with Gasteiger partial charge < -0.3 is 9.55 Å². The smallest absolute Gasteiger partial charge is 0.177 e. The van der Waals surface area contributed by atoms with Crippen LogP contribution < -0.4 is 0 Å². The molecule has 1 aliphatic rings. The van der Waals surface area contributed by atoms with E-state index in [4.69, 9.17) is 12.2 Å². The molecule has 2 rings (SSSR count). The van der Waals surface area contributed by atoms with E-state index in [1.807, 2.05) is 12.4 Å². The summed E-state index contributed by atoms with van der Waals surface area (Å²) >= 11 is 7.24. The molecule has 1 atom stereocenters. The van der Waals surface area contributed by atoms with Gasteiger partial charge in [-0.1, -0.05) is 0 Å². The zero-order chi connectivity index (χ0) is 9.31. The van der Waals surface area contributed by atoms with Crippen molar-refractivity contribution in [1.82, 2.24) is 9.55 Å². The minimum Gasteiger partial charge on any atom is -0.337 e. The predicted octanol–water partition coefficient (Wildman–Crippen LogP) is 2.83. The molecule has 2 heterocycles. The number of imidazole rings is 1. The Balaban J connectivity index is 2.13. The first kappa shape index (κ1) is 9.34. The third-order valence-electron chi connectivity index (χ3n) is 2.53. The number of aromatic amines is 1. The van der Waals surface area contributed by atoms with Gasteiger partial charge in [0.05, 0.1) is 0 Å². The van der Waals surface area contributed by atoms with Crippen molar-refractivity contribution < 1.29 is 0 Å². The van der Waals surface area contributed by atoms with Crippen LogP contribution in [0.5, 0.6) is 0 Å². The number of aromatic nitrogens is 2. The summed E-state index contributed by atoms with van der Waals surface area (Å²) in [7, 11) is 0. The molecule has 4 heteroatoms. The van der Waals surface area contributed by atoms with Crippen LogP contribution in [0.2, 0.25) is 0 Å². The minimum atomic E-state index is 0.403. The van der Waals surface area contributed by atoms with Crippen LogP contribution in [0.1, 0.15) is 19.8 Å².